The third kappa shape index (κ3) is 4.25. The standard InChI is InChI=1S/C17H13F5N4O3/c18-6-10-3-11(5-12(4-10)17(20,21)22)14-23-9-26(24-14)2-1-13(27)25-7-16(19,8-25)15(28)29/h1-5,9H,6-8H2,(H,28,29)/b2-1-. The number of halogens is 5. The summed E-state index contributed by atoms with van der Waals surface area (Å²) in [5.41, 5.74) is -3.77. The SMILES string of the molecule is O=C(/C=C\n1cnc(-c2cc(CF)cc(C(F)(F)F)c2)n1)N1CC(F)(C(=O)O)C1. The van der Waals surface area contributed by atoms with Gasteiger partial charge in [-0.2, -0.15) is 13.2 Å². The van der Waals surface area contributed by atoms with Crippen LogP contribution in [0.2, 0.25) is 0 Å². The lowest BCUT2D eigenvalue weighted by Crippen LogP contribution is -2.64. The molecular weight excluding hydrogens is 403 g/mol. The molecule has 1 N–H and O–H groups in total. The first-order valence-electron chi connectivity index (χ1n) is 8.10. The smallest absolute Gasteiger partial charge is 0.416 e. The Labute approximate surface area is 160 Å². The number of alkyl halides is 5. The van der Waals surface area contributed by atoms with Gasteiger partial charge in [-0.05, 0) is 23.8 Å². The van der Waals surface area contributed by atoms with Crippen molar-refractivity contribution in [1.82, 2.24) is 19.7 Å². The van der Waals surface area contributed by atoms with Gasteiger partial charge >= 0.3 is 12.1 Å². The Kier molecular flexibility index (Phi) is 5.11. The van der Waals surface area contributed by atoms with Crippen LogP contribution in [0.25, 0.3) is 17.6 Å². The van der Waals surface area contributed by atoms with E-state index in [1.54, 1.807) is 0 Å². The number of hydrogen-bond acceptors (Lipinski definition) is 4. The average Bonchev–Trinajstić information content (AvgIpc) is 3.11. The maximum atomic E-state index is 13.6. The molecule has 3 rings (SSSR count). The zero-order valence-electron chi connectivity index (χ0n) is 14.5. The number of nitrogens with zero attached hydrogens (tertiary/aromatic N) is 4. The lowest BCUT2D eigenvalue weighted by molar-refractivity contribution is -0.167. The van der Waals surface area contributed by atoms with Gasteiger partial charge in [0.05, 0.1) is 18.7 Å². The van der Waals surface area contributed by atoms with Gasteiger partial charge in [0.15, 0.2) is 5.82 Å². The van der Waals surface area contributed by atoms with Crippen molar-refractivity contribution >= 4 is 18.1 Å². The summed E-state index contributed by atoms with van der Waals surface area (Å²) in [7, 11) is 0. The van der Waals surface area contributed by atoms with Crippen molar-refractivity contribution in [3.63, 3.8) is 0 Å². The van der Waals surface area contributed by atoms with E-state index in [0.29, 0.717) is 6.07 Å². The summed E-state index contributed by atoms with van der Waals surface area (Å²) in [5.74, 6) is -2.45. The lowest BCUT2D eigenvalue weighted by atomic mass is 9.96. The molecule has 1 aromatic heterocycles. The fourth-order valence-electron chi connectivity index (χ4n) is 2.64. The molecule has 0 saturated carbocycles. The van der Waals surface area contributed by atoms with Crippen LogP contribution in [0.5, 0.6) is 0 Å². The molecule has 29 heavy (non-hydrogen) atoms. The van der Waals surface area contributed by atoms with Crippen LogP contribution in [0.3, 0.4) is 0 Å². The monoisotopic (exact) mass is 416 g/mol. The highest BCUT2D eigenvalue weighted by Crippen LogP contribution is 2.33. The number of aliphatic carboxylic acids is 1. The Hall–Kier alpha value is -3.31. The number of rotatable bonds is 5. The van der Waals surface area contributed by atoms with Crippen LogP contribution in [-0.2, 0) is 22.4 Å². The van der Waals surface area contributed by atoms with Crippen LogP contribution in [-0.4, -0.2) is 55.4 Å². The van der Waals surface area contributed by atoms with Crippen molar-refractivity contribution in [3.8, 4) is 11.4 Å². The zero-order chi connectivity index (χ0) is 21.4. The molecule has 0 radical (unpaired) electrons. The largest absolute Gasteiger partial charge is 0.479 e. The minimum atomic E-state index is -4.67. The van der Waals surface area contributed by atoms with E-state index >= 15 is 0 Å². The molecule has 154 valence electrons. The van der Waals surface area contributed by atoms with Gasteiger partial charge in [0.2, 0.25) is 11.6 Å². The summed E-state index contributed by atoms with van der Waals surface area (Å²) >= 11 is 0. The summed E-state index contributed by atoms with van der Waals surface area (Å²) in [4.78, 5) is 27.3. The lowest BCUT2D eigenvalue weighted by Gasteiger charge is -2.40. The Morgan fingerprint density at radius 1 is 1.24 bits per heavy atom. The van der Waals surface area contributed by atoms with Crippen LogP contribution in [0, 0.1) is 0 Å². The molecule has 0 aliphatic carbocycles. The van der Waals surface area contributed by atoms with Crippen molar-refractivity contribution < 1.29 is 36.6 Å². The third-order valence-electron chi connectivity index (χ3n) is 4.19. The number of carboxylic acids is 1. The summed E-state index contributed by atoms with van der Waals surface area (Å²) in [6.07, 6.45) is -1.45. The molecule has 7 nitrogen and oxygen atoms in total. The summed E-state index contributed by atoms with van der Waals surface area (Å²) in [5, 5.41) is 12.6. The van der Waals surface area contributed by atoms with Gasteiger partial charge in [-0.1, -0.05) is 0 Å². The van der Waals surface area contributed by atoms with Gasteiger partial charge in [0.1, 0.15) is 13.0 Å². The Morgan fingerprint density at radius 3 is 2.52 bits per heavy atom. The molecule has 0 atom stereocenters. The van der Waals surface area contributed by atoms with Crippen LogP contribution >= 0.6 is 0 Å². The minimum absolute atomic E-state index is 0.0580. The zero-order valence-corrected chi connectivity index (χ0v) is 14.5. The Morgan fingerprint density at radius 2 is 1.93 bits per heavy atom. The molecule has 0 unspecified atom stereocenters. The van der Waals surface area contributed by atoms with Crippen molar-refractivity contribution in [2.24, 2.45) is 0 Å². The Bertz CT molecular complexity index is 980. The van der Waals surface area contributed by atoms with E-state index in [4.69, 9.17) is 5.11 Å². The van der Waals surface area contributed by atoms with E-state index < -0.39 is 49.0 Å². The molecule has 1 aliphatic heterocycles. The second-order valence-electron chi connectivity index (χ2n) is 6.38. The van der Waals surface area contributed by atoms with Crippen LogP contribution in [0.15, 0.2) is 30.6 Å². The van der Waals surface area contributed by atoms with Gasteiger partial charge in [0, 0.05) is 17.8 Å². The topological polar surface area (TPSA) is 88.3 Å². The van der Waals surface area contributed by atoms with Crippen LogP contribution < -0.4 is 0 Å². The first kappa shape index (κ1) is 20.4. The van der Waals surface area contributed by atoms with E-state index in [2.05, 4.69) is 10.1 Å². The number of carbonyl (C=O) groups excluding carboxylic acids is 1. The molecule has 1 aromatic carbocycles. The number of benzene rings is 1. The molecule has 1 aliphatic rings. The number of aromatic nitrogens is 3. The van der Waals surface area contributed by atoms with E-state index in [0.717, 1.165) is 34.3 Å². The highest BCUT2D eigenvalue weighted by Gasteiger charge is 2.51. The molecule has 0 bridgehead atoms. The third-order valence-corrected chi connectivity index (χ3v) is 4.19. The van der Waals surface area contributed by atoms with E-state index in [1.807, 2.05) is 0 Å². The first-order valence-corrected chi connectivity index (χ1v) is 8.10. The molecular formula is C17H13F5N4O3. The fourth-order valence-corrected chi connectivity index (χ4v) is 2.64. The molecule has 2 aromatic rings. The van der Waals surface area contributed by atoms with E-state index in [1.165, 1.54) is 6.07 Å². The molecule has 12 heteroatoms. The second kappa shape index (κ2) is 7.26. The molecule has 1 saturated heterocycles. The number of hydrogen-bond donors (Lipinski definition) is 1. The van der Waals surface area contributed by atoms with E-state index in [-0.39, 0.29) is 17.0 Å². The van der Waals surface area contributed by atoms with Gasteiger partial charge in [-0.15, -0.1) is 5.10 Å². The van der Waals surface area contributed by atoms with Gasteiger partial charge in [0.25, 0.3) is 0 Å². The molecule has 2 heterocycles. The van der Waals surface area contributed by atoms with Gasteiger partial charge in [-0.3, -0.25) is 4.79 Å². The van der Waals surface area contributed by atoms with Crippen LogP contribution in [0.1, 0.15) is 11.1 Å². The van der Waals surface area contributed by atoms with Crippen molar-refractivity contribution in [2.45, 2.75) is 18.5 Å². The summed E-state index contributed by atoms with van der Waals surface area (Å²) in [6, 6.07) is 2.64. The molecule has 1 amide bonds. The maximum Gasteiger partial charge on any atom is 0.416 e. The minimum Gasteiger partial charge on any atom is -0.479 e. The van der Waals surface area contributed by atoms with E-state index in [9.17, 15) is 31.5 Å². The van der Waals surface area contributed by atoms with Gasteiger partial charge in [-0.25, -0.2) is 23.2 Å². The second-order valence-corrected chi connectivity index (χ2v) is 6.38. The predicted molar refractivity (Wildman–Crippen MR) is 88.7 cm³/mol. The average molecular weight is 416 g/mol. The van der Waals surface area contributed by atoms with Crippen molar-refractivity contribution in [2.75, 3.05) is 13.1 Å². The van der Waals surface area contributed by atoms with Crippen LogP contribution in [0.4, 0.5) is 22.0 Å². The first-order chi connectivity index (χ1) is 13.5. The summed E-state index contributed by atoms with van der Waals surface area (Å²) < 4.78 is 66.4. The highest BCUT2D eigenvalue weighted by atomic mass is 19.4. The number of carbonyl (C=O) groups is 2. The molecule has 1 fully saturated rings. The highest BCUT2D eigenvalue weighted by molar-refractivity contribution is 5.93. The van der Waals surface area contributed by atoms with Crippen molar-refractivity contribution in [3.05, 3.63) is 41.7 Å². The number of carboxylic acid groups (broad SMARTS) is 1. The normalized spacial score (nSPS) is 16.1. The quantitative estimate of drug-likeness (QED) is 0.598. The number of likely N-dealkylation sites (tertiary alicyclic amines) is 1. The number of amides is 1. The van der Waals surface area contributed by atoms with Crippen molar-refractivity contribution in [1.29, 1.82) is 0 Å². The van der Waals surface area contributed by atoms with Gasteiger partial charge < -0.3 is 10.0 Å². The maximum absolute atomic E-state index is 13.6. The fraction of sp³-hybridized carbons (Fsp3) is 0.294. The Balaban J connectivity index is 1.74. The predicted octanol–water partition coefficient (Wildman–Crippen LogP) is 2.54. The molecule has 0 spiro atoms. The summed E-state index contributed by atoms with van der Waals surface area (Å²) in [6.45, 7) is -2.29.